The van der Waals surface area contributed by atoms with Crippen LogP contribution in [0.3, 0.4) is 0 Å². The number of carbonyl (C=O) groups is 2. The largest absolute Gasteiger partial charge is 0.481 e. The van der Waals surface area contributed by atoms with Gasteiger partial charge in [-0.3, -0.25) is 14.5 Å². The standard InChI is InChI=1S/C17H14N2O3S/c20-15(21)11-14-16(22)19(13-9-5-2-6-10-13)17(23)18(14)12-7-3-1-4-8-12/h1-10,14H,11H2,(H,20,21). The third-order valence-electron chi connectivity index (χ3n) is 3.63. The average Bonchev–Trinajstić information content (AvgIpc) is 2.79. The van der Waals surface area contributed by atoms with Crippen molar-refractivity contribution in [3.05, 3.63) is 60.7 Å². The summed E-state index contributed by atoms with van der Waals surface area (Å²) in [6, 6.07) is 17.3. The molecule has 1 N–H and O–H groups in total. The van der Waals surface area contributed by atoms with Crippen LogP contribution in [0.5, 0.6) is 0 Å². The second-order valence-corrected chi connectivity index (χ2v) is 5.48. The Hall–Kier alpha value is -2.73. The van der Waals surface area contributed by atoms with E-state index in [2.05, 4.69) is 0 Å². The number of carboxylic acid groups (broad SMARTS) is 1. The molecule has 2 aromatic rings. The summed E-state index contributed by atoms with van der Waals surface area (Å²) in [5, 5.41) is 9.45. The van der Waals surface area contributed by atoms with Crippen LogP contribution in [0.25, 0.3) is 0 Å². The first kappa shape index (κ1) is 15.2. The fourth-order valence-electron chi connectivity index (χ4n) is 2.63. The van der Waals surface area contributed by atoms with Crippen molar-refractivity contribution in [2.24, 2.45) is 0 Å². The molecule has 1 aliphatic rings. The molecule has 6 heteroatoms. The maximum absolute atomic E-state index is 12.8. The Bertz CT molecular complexity index is 749. The molecule has 0 aromatic heterocycles. The average molecular weight is 326 g/mol. The van der Waals surface area contributed by atoms with E-state index in [0.29, 0.717) is 16.5 Å². The van der Waals surface area contributed by atoms with Crippen molar-refractivity contribution in [3.8, 4) is 0 Å². The summed E-state index contributed by atoms with van der Waals surface area (Å²) in [5.41, 5.74) is 1.34. The van der Waals surface area contributed by atoms with Crippen LogP contribution in [0.4, 0.5) is 11.4 Å². The van der Waals surface area contributed by atoms with Crippen molar-refractivity contribution < 1.29 is 14.7 Å². The van der Waals surface area contributed by atoms with Gasteiger partial charge in [-0.1, -0.05) is 36.4 Å². The fourth-order valence-corrected chi connectivity index (χ4v) is 3.06. The van der Waals surface area contributed by atoms with Gasteiger partial charge in [0.1, 0.15) is 6.04 Å². The van der Waals surface area contributed by atoms with Crippen molar-refractivity contribution in [2.45, 2.75) is 12.5 Å². The second-order valence-electron chi connectivity index (χ2n) is 5.11. The van der Waals surface area contributed by atoms with Crippen LogP contribution in [0.2, 0.25) is 0 Å². The maximum atomic E-state index is 12.8. The third-order valence-corrected chi connectivity index (χ3v) is 4.01. The number of hydrogen-bond acceptors (Lipinski definition) is 3. The molecule has 0 aliphatic carbocycles. The Kier molecular flexibility index (Phi) is 4.08. The van der Waals surface area contributed by atoms with Crippen LogP contribution >= 0.6 is 12.2 Å². The monoisotopic (exact) mass is 326 g/mol. The molecule has 0 radical (unpaired) electrons. The first-order chi connectivity index (χ1) is 11.1. The van der Waals surface area contributed by atoms with Crippen LogP contribution in [0.1, 0.15) is 6.42 Å². The van der Waals surface area contributed by atoms with Crippen molar-refractivity contribution in [3.63, 3.8) is 0 Å². The van der Waals surface area contributed by atoms with Crippen molar-refractivity contribution in [1.29, 1.82) is 0 Å². The molecule has 1 unspecified atom stereocenters. The minimum absolute atomic E-state index is 0.290. The topological polar surface area (TPSA) is 60.9 Å². The third kappa shape index (κ3) is 2.80. The molecule has 1 amide bonds. The van der Waals surface area contributed by atoms with E-state index < -0.39 is 12.0 Å². The van der Waals surface area contributed by atoms with E-state index in [9.17, 15) is 9.59 Å². The van der Waals surface area contributed by atoms with Gasteiger partial charge in [0.2, 0.25) is 0 Å². The van der Waals surface area contributed by atoms with Crippen LogP contribution in [0.15, 0.2) is 60.7 Å². The summed E-state index contributed by atoms with van der Waals surface area (Å²) in [6.45, 7) is 0. The lowest BCUT2D eigenvalue weighted by Crippen LogP contribution is -2.36. The normalized spacial score (nSPS) is 17.7. The molecular formula is C17H14N2O3S. The highest BCUT2D eigenvalue weighted by Gasteiger charge is 2.44. The zero-order valence-electron chi connectivity index (χ0n) is 12.1. The van der Waals surface area contributed by atoms with Crippen LogP contribution in [-0.2, 0) is 9.59 Å². The zero-order valence-corrected chi connectivity index (χ0v) is 12.9. The van der Waals surface area contributed by atoms with Crippen LogP contribution in [0, 0.1) is 0 Å². The van der Waals surface area contributed by atoms with E-state index in [1.807, 2.05) is 48.5 Å². The molecule has 1 saturated heterocycles. The van der Waals surface area contributed by atoms with Gasteiger partial charge in [0.15, 0.2) is 5.11 Å². The van der Waals surface area contributed by atoms with Crippen molar-refractivity contribution in [1.82, 2.24) is 0 Å². The van der Waals surface area contributed by atoms with E-state index in [4.69, 9.17) is 17.3 Å². The molecule has 1 heterocycles. The summed E-state index contributed by atoms with van der Waals surface area (Å²) in [4.78, 5) is 27.0. The molecule has 5 nitrogen and oxygen atoms in total. The van der Waals surface area contributed by atoms with Gasteiger partial charge >= 0.3 is 5.97 Å². The molecule has 0 bridgehead atoms. The molecule has 0 saturated carbocycles. The first-order valence-corrected chi connectivity index (χ1v) is 7.49. The molecule has 1 aliphatic heterocycles. The van der Waals surface area contributed by atoms with E-state index in [0.717, 1.165) is 0 Å². The summed E-state index contributed by atoms with van der Waals surface area (Å²) in [7, 11) is 0. The van der Waals surface area contributed by atoms with Crippen molar-refractivity contribution >= 4 is 40.6 Å². The highest BCUT2D eigenvalue weighted by Crippen LogP contribution is 2.31. The lowest BCUT2D eigenvalue weighted by Gasteiger charge is -2.23. The Morgan fingerprint density at radius 1 is 1.00 bits per heavy atom. The first-order valence-electron chi connectivity index (χ1n) is 7.08. The van der Waals surface area contributed by atoms with Gasteiger partial charge in [-0.05, 0) is 36.5 Å². The van der Waals surface area contributed by atoms with Gasteiger partial charge in [0, 0.05) is 5.69 Å². The van der Waals surface area contributed by atoms with E-state index in [1.165, 1.54) is 4.90 Å². The lowest BCUT2D eigenvalue weighted by atomic mass is 10.1. The number of anilines is 2. The molecule has 0 spiro atoms. The minimum Gasteiger partial charge on any atom is -0.481 e. The molecule has 23 heavy (non-hydrogen) atoms. The summed E-state index contributed by atoms with van der Waals surface area (Å²) < 4.78 is 0. The Morgan fingerprint density at radius 2 is 1.52 bits per heavy atom. The highest BCUT2D eigenvalue weighted by molar-refractivity contribution is 7.81. The molecule has 2 aromatic carbocycles. The van der Waals surface area contributed by atoms with E-state index >= 15 is 0 Å². The Labute approximate surface area is 138 Å². The van der Waals surface area contributed by atoms with Gasteiger partial charge in [-0.25, -0.2) is 0 Å². The lowest BCUT2D eigenvalue weighted by molar-refractivity contribution is -0.138. The van der Waals surface area contributed by atoms with Gasteiger partial charge in [0.25, 0.3) is 5.91 Å². The number of nitrogens with zero attached hydrogens (tertiary/aromatic N) is 2. The Morgan fingerprint density at radius 3 is 2.04 bits per heavy atom. The zero-order chi connectivity index (χ0) is 16.4. The number of thiocarbonyl (C=S) groups is 1. The van der Waals surface area contributed by atoms with E-state index in [-0.39, 0.29) is 12.3 Å². The van der Waals surface area contributed by atoms with Crippen LogP contribution in [-0.4, -0.2) is 28.1 Å². The number of carbonyl (C=O) groups excluding carboxylic acids is 1. The van der Waals surface area contributed by atoms with E-state index in [1.54, 1.807) is 17.0 Å². The number of amides is 1. The number of hydrogen-bond donors (Lipinski definition) is 1. The number of benzene rings is 2. The number of carboxylic acids is 1. The molecule has 1 atom stereocenters. The Balaban J connectivity index is 2.04. The number of aliphatic carboxylic acids is 1. The quantitative estimate of drug-likeness (QED) is 0.875. The van der Waals surface area contributed by atoms with Crippen LogP contribution < -0.4 is 9.80 Å². The van der Waals surface area contributed by atoms with Crippen molar-refractivity contribution in [2.75, 3.05) is 9.80 Å². The highest BCUT2D eigenvalue weighted by atomic mass is 32.1. The number of rotatable bonds is 4. The second kappa shape index (κ2) is 6.18. The summed E-state index contributed by atoms with van der Waals surface area (Å²) >= 11 is 5.47. The molecule has 3 rings (SSSR count). The predicted octanol–water partition coefficient (Wildman–Crippen LogP) is 2.67. The molecule has 116 valence electrons. The van der Waals surface area contributed by atoms with Gasteiger partial charge < -0.3 is 10.0 Å². The SMILES string of the molecule is O=C(O)CC1C(=O)N(c2ccccc2)C(=S)N1c1ccccc1. The van der Waals surface area contributed by atoms with Gasteiger partial charge in [-0.15, -0.1) is 0 Å². The van der Waals surface area contributed by atoms with Gasteiger partial charge in [0.05, 0.1) is 12.1 Å². The molecule has 1 fully saturated rings. The van der Waals surface area contributed by atoms with Gasteiger partial charge in [-0.2, -0.15) is 0 Å². The molecular weight excluding hydrogens is 312 g/mol. The minimum atomic E-state index is -1.04. The number of para-hydroxylation sites is 2. The smallest absolute Gasteiger partial charge is 0.306 e. The maximum Gasteiger partial charge on any atom is 0.306 e. The summed E-state index contributed by atoms with van der Waals surface area (Å²) in [5.74, 6) is -1.37. The summed E-state index contributed by atoms with van der Waals surface area (Å²) in [6.07, 6.45) is -0.308. The fraction of sp³-hybridized carbons (Fsp3) is 0.118. The predicted molar refractivity (Wildman–Crippen MR) is 91.5 cm³/mol.